The molecule has 2 aromatic heterocycles. The number of aryl methyl sites for hydroxylation is 1. The molecular weight excluding hydrogens is 459 g/mol. The quantitative estimate of drug-likeness (QED) is 0.307. The Bertz CT molecular complexity index is 1510. The fourth-order valence-electron chi connectivity index (χ4n) is 3.38. The summed E-state index contributed by atoms with van der Waals surface area (Å²) in [6, 6.07) is 11.6. The number of hydrogen-bond donors (Lipinski definition) is 4. The van der Waals surface area contributed by atoms with Gasteiger partial charge in [-0.15, -0.1) is 9.50 Å². The first-order chi connectivity index (χ1) is 16.7. The highest BCUT2D eigenvalue weighted by molar-refractivity contribution is 5.97. The number of nitrogens with one attached hydrogen (secondary N) is 4. The number of carbonyl (C=O) groups is 3. The van der Waals surface area contributed by atoms with Gasteiger partial charge in [-0.05, 0) is 41.8 Å². The lowest BCUT2D eigenvalue weighted by atomic mass is 10.1. The van der Waals surface area contributed by atoms with Gasteiger partial charge >= 0.3 is 17.4 Å². The van der Waals surface area contributed by atoms with Crippen molar-refractivity contribution in [2.75, 3.05) is 0 Å². The fraction of sp³-hybridized carbons (Fsp3) is 0.130. The number of aromatic amines is 2. The van der Waals surface area contributed by atoms with Crippen molar-refractivity contribution in [1.82, 2.24) is 25.2 Å². The normalized spacial score (nSPS) is 10.8. The number of aromatic carboxylic acids is 1. The SMILES string of the molecule is Cc1cc(CNC(=O)c2cc(C(=O)NCc3ccc(C(=O)O)cc3)[nH+]c3n[nH]c(=O)n23)ccc1F. The van der Waals surface area contributed by atoms with Gasteiger partial charge in [-0.25, -0.2) is 19.0 Å². The lowest BCUT2D eigenvalue weighted by molar-refractivity contribution is -0.357. The number of fused-ring (bicyclic) bond motifs is 1. The minimum absolute atomic E-state index is 0.0265. The Morgan fingerprint density at radius 1 is 1.03 bits per heavy atom. The number of benzene rings is 2. The van der Waals surface area contributed by atoms with Gasteiger partial charge in [0.1, 0.15) is 5.82 Å². The Hall–Kier alpha value is -4.87. The molecule has 178 valence electrons. The van der Waals surface area contributed by atoms with Crippen LogP contribution in [0.1, 0.15) is 48.0 Å². The number of hydrogen-bond acceptors (Lipinski definition) is 5. The molecule has 5 N–H and O–H groups in total. The molecule has 4 aromatic rings. The van der Waals surface area contributed by atoms with E-state index < -0.39 is 23.5 Å². The van der Waals surface area contributed by atoms with E-state index in [4.69, 9.17) is 5.11 Å². The van der Waals surface area contributed by atoms with E-state index in [1.165, 1.54) is 30.3 Å². The number of nitrogens with zero attached hydrogens (tertiary/aromatic N) is 2. The van der Waals surface area contributed by atoms with Crippen molar-refractivity contribution in [2.45, 2.75) is 20.0 Å². The van der Waals surface area contributed by atoms with Gasteiger partial charge in [0.25, 0.3) is 11.8 Å². The first-order valence-electron chi connectivity index (χ1n) is 10.4. The second-order valence-corrected chi connectivity index (χ2v) is 7.71. The number of amides is 2. The first kappa shape index (κ1) is 23.3. The summed E-state index contributed by atoms with van der Waals surface area (Å²) in [5, 5.41) is 20.3. The molecule has 11 nitrogen and oxygen atoms in total. The van der Waals surface area contributed by atoms with Crippen molar-refractivity contribution in [3.63, 3.8) is 0 Å². The number of rotatable bonds is 7. The summed E-state index contributed by atoms with van der Waals surface area (Å²) in [7, 11) is 0. The number of H-pyrrole nitrogens is 2. The van der Waals surface area contributed by atoms with E-state index in [1.807, 2.05) is 0 Å². The van der Waals surface area contributed by atoms with Crippen LogP contribution in [0.5, 0.6) is 0 Å². The molecule has 0 bridgehead atoms. The average molecular weight is 479 g/mol. The fourth-order valence-corrected chi connectivity index (χ4v) is 3.38. The molecule has 35 heavy (non-hydrogen) atoms. The Balaban J connectivity index is 1.53. The molecule has 0 unspecified atom stereocenters. The zero-order valence-corrected chi connectivity index (χ0v) is 18.4. The molecule has 0 fully saturated rings. The van der Waals surface area contributed by atoms with Crippen LogP contribution in [0, 0.1) is 12.7 Å². The summed E-state index contributed by atoms with van der Waals surface area (Å²) < 4.78 is 14.5. The molecule has 0 aliphatic rings. The summed E-state index contributed by atoms with van der Waals surface area (Å²) in [6.45, 7) is 1.77. The van der Waals surface area contributed by atoms with E-state index in [9.17, 15) is 23.6 Å². The summed E-state index contributed by atoms with van der Waals surface area (Å²) >= 11 is 0. The van der Waals surface area contributed by atoms with Crippen LogP contribution in [0.25, 0.3) is 5.78 Å². The van der Waals surface area contributed by atoms with Crippen molar-refractivity contribution >= 4 is 23.6 Å². The predicted octanol–water partition coefficient (Wildman–Crippen LogP) is 0.842. The second-order valence-electron chi connectivity index (χ2n) is 7.71. The molecule has 0 atom stereocenters. The van der Waals surface area contributed by atoms with Gasteiger partial charge in [0.2, 0.25) is 0 Å². The number of carboxylic acid groups (broad SMARTS) is 1. The van der Waals surface area contributed by atoms with Crippen LogP contribution in [0.3, 0.4) is 0 Å². The smallest absolute Gasteiger partial charge is 0.427 e. The molecule has 0 spiro atoms. The predicted molar refractivity (Wildman–Crippen MR) is 119 cm³/mol. The van der Waals surface area contributed by atoms with E-state index in [2.05, 4.69) is 25.8 Å². The maximum atomic E-state index is 13.5. The second kappa shape index (κ2) is 9.55. The van der Waals surface area contributed by atoms with E-state index in [0.29, 0.717) is 16.7 Å². The third-order valence-corrected chi connectivity index (χ3v) is 5.25. The minimum atomic E-state index is -1.06. The molecule has 0 aliphatic carbocycles. The first-order valence-corrected chi connectivity index (χ1v) is 10.4. The standard InChI is InChI=1S/C23H19FN6O5/c1-12-8-14(4-7-16(12)24)11-26-20(32)18-9-17(27-22-28-29-23(35)30(18)22)19(31)25-10-13-2-5-15(6-3-13)21(33)34/h2-9H,10-11H2,1H3,(H,25,31)(H,26,32)(H,29,35)(H,33,34)/p+1. The van der Waals surface area contributed by atoms with Crippen molar-refractivity contribution < 1.29 is 28.9 Å². The molecule has 12 heteroatoms. The van der Waals surface area contributed by atoms with Crippen LogP contribution >= 0.6 is 0 Å². The van der Waals surface area contributed by atoms with Crippen LogP contribution in [-0.4, -0.2) is 37.5 Å². The zero-order chi connectivity index (χ0) is 25.1. The molecule has 4 rings (SSSR count). The Kier molecular flexibility index (Phi) is 6.36. The third kappa shape index (κ3) is 5.05. The Morgan fingerprint density at radius 2 is 1.69 bits per heavy atom. The lowest BCUT2D eigenvalue weighted by Gasteiger charge is -2.08. The Labute approximate surface area is 196 Å². The van der Waals surface area contributed by atoms with Crippen LogP contribution in [0.15, 0.2) is 53.3 Å². The maximum Gasteiger partial charge on any atom is 0.427 e. The minimum Gasteiger partial charge on any atom is -0.478 e. The highest BCUT2D eigenvalue weighted by atomic mass is 19.1. The molecular formula is C23H20FN6O5+. The lowest BCUT2D eigenvalue weighted by Crippen LogP contribution is -2.35. The van der Waals surface area contributed by atoms with Crippen molar-refractivity contribution in [3.8, 4) is 0 Å². The van der Waals surface area contributed by atoms with Crippen molar-refractivity contribution in [3.05, 3.63) is 98.5 Å². The molecule has 2 aromatic carbocycles. The zero-order valence-electron chi connectivity index (χ0n) is 18.4. The van der Waals surface area contributed by atoms with E-state index in [-0.39, 0.29) is 41.6 Å². The molecule has 2 amide bonds. The van der Waals surface area contributed by atoms with Crippen molar-refractivity contribution in [2.24, 2.45) is 0 Å². The van der Waals surface area contributed by atoms with Crippen LogP contribution < -0.4 is 21.3 Å². The van der Waals surface area contributed by atoms with Gasteiger partial charge in [0.05, 0.1) is 5.56 Å². The largest absolute Gasteiger partial charge is 0.478 e. The summed E-state index contributed by atoms with van der Waals surface area (Å²) in [5.41, 5.74) is 1.03. The number of aromatic nitrogens is 4. The van der Waals surface area contributed by atoms with Crippen LogP contribution in [-0.2, 0) is 13.1 Å². The third-order valence-electron chi connectivity index (χ3n) is 5.25. The van der Waals surface area contributed by atoms with Crippen LogP contribution in [0.4, 0.5) is 4.39 Å². The maximum absolute atomic E-state index is 13.5. The van der Waals surface area contributed by atoms with Gasteiger partial charge in [-0.1, -0.05) is 24.3 Å². The highest BCUT2D eigenvalue weighted by Crippen LogP contribution is 2.10. The number of carbonyl (C=O) groups excluding carboxylic acids is 2. The van der Waals surface area contributed by atoms with Crippen LogP contribution in [0.2, 0.25) is 0 Å². The molecule has 0 aliphatic heterocycles. The van der Waals surface area contributed by atoms with Gasteiger partial charge in [-0.3, -0.25) is 9.59 Å². The monoisotopic (exact) mass is 479 g/mol. The average Bonchev–Trinajstić information content (AvgIpc) is 3.23. The van der Waals surface area contributed by atoms with E-state index in [1.54, 1.807) is 25.1 Å². The summed E-state index contributed by atoms with van der Waals surface area (Å²) in [5.74, 6) is -2.69. The summed E-state index contributed by atoms with van der Waals surface area (Å²) in [4.78, 5) is 51.5. The molecule has 0 radical (unpaired) electrons. The van der Waals surface area contributed by atoms with Gasteiger partial charge in [0, 0.05) is 24.3 Å². The van der Waals surface area contributed by atoms with E-state index >= 15 is 0 Å². The number of halogens is 1. The van der Waals surface area contributed by atoms with E-state index in [0.717, 1.165) is 4.40 Å². The molecule has 0 saturated carbocycles. The topological polar surface area (TPSA) is 160 Å². The molecule has 2 heterocycles. The van der Waals surface area contributed by atoms with Gasteiger partial charge in [-0.2, -0.15) is 0 Å². The molecule has 0 saturated heterocycles. The van der Waals surface area contributed by atoms with Gasteiger partial charge < -0.3 is 15.7 Å². The Morgan fingerprint density at radius 3 is 2.37 bits per heavy atom. The highest BCUT2D eigenvalue weighted by Gasteiger charge is 2.24. The number of carboxylic acids is 1. The summed E-state index contributed by atoms with van der Waals surface area (Å²) in [6.07, 6.45) is 0. The van der Waals surface area contributed by atoms with Crippen molar-refractivity contribution in [1.29, 1.82) is 0 Å². The van der Waals surface area contributed by atoms with Gasteiger partial charge in [0.15, 0.2) is 11.4 Å².